The summed E-state index contributed by atoms with van der Waals surface area (Å²) in [7, 11) is 0. The average Bonchev–Trinajstić information content (AvgIpc) is 1.51. The number of aliphatic imine (C=N–C) groups is 2. The van der Waals surface area contributed by atoms with Gasteiger partial charge in [-0.25, -0.2) is 9.98 Å². The van der Waals surface area contributed by atoms with Crippen molar-refractivity contribution in [1.29, 1.82) is 21.0 Å². The molecule has 1 saturated heterocycles. The van der Waals surface area contributed by atoms with Gasteiger partial charge in [-0.3, -0.25) is 33.7 Å². The largest absolute Gasteiger partial charge is 0.459 e. The lowest BCUT2D eigenvalue weighted by Crippen LogP contribution is -2.46. The number of carbonyl (C=O) groups excluding carboxylic acids is 6. The van der Waals surface area contributed by atoms with Crippen molar-refractivity contribution in [3.05, 3.63) is 211 Å². The molecule has 1 fully saturated rings. The first kappa shape index (κ1) is 59.5. The number of amides is 1. The molecule has 12 rings (SSSR count). The van der Waals surface area contributed by atoms with Crippen LogP contribution in [-0.4, -0.2) is 57.1 Å². The summed E-state index contributed by atoms with van der Waals surface area (Å²) in [5.41, 5.74) is -2.21. The van der Waals surface area contributed by atoms with Crippen molar-refractivity contribution in [2.45, 2.75) is 57.5 Å². The smallest absolute Gasteiger partial charge is 0.333 e. The van der Waals surface area contributed by atoms with E-state index in [9.17, 15) is 30.6 Å². The molecule has 0 saturated carbocycles. The number of ether oxygens (including phenoxy) is 4. The second-order valence-electron chi connectivity index (χ2n) is 20.0. The van der Waals surface area contributed by atoms with E-state index in [4.69, 9.17) is 28.9 Å². The molecular weight excluding hydrogens is 1240 g/mol. The Morgan fingerprint density at radius 1 is 0.506 bits per heavy atom. The second-order valence-corrected chi connectivity index (χ2v) is 26.1. The fourth-order valence-electron chi connectivity index (χ4n) is 10.7. The molecular formula is C66H41N7O10S6. The summed E-state index contributed by atoms with van der Waals surface area (Å²) in [6.45, 7) is 2.43. The molecule has 0 spiro atoms. The molecule has 8 aromatic rings. The van der Waals surface area contributed by atoms with Gasteiger partial charge in [-0.15, -0.1) is 45.3 Å². The Hall–Kier alpha value is -9.82. The molecule has 17 nitrogen and oxygen atoms in total. The zero-order valence-electron chi connectivity index (χ0n) is 46.7. The van der Waals surface area contributed by atoms with E-state index in [0.29, 0.717) is 56.7 Å². The SMILES string of the molecule is CCC1=CC(=C(C#N)C#N)SC(=Nc2cc3c(s2)-c2sc4c5c(sc4c2C3(C(=O)OCc2ccccc2)C(=O)OCc2ccccc2)-c2sc(N=C3SC(=C(C#N)C#N)N(CC)C3=O)cc2C5(C(=O)OCc2ccccc2)C(=O)OCc2ccccc2)C1=O. The van der Waals surface area contributed by atoms with E-state index in [0.717, 1.165) is 68.9 Å². The van der Waals surface area contributed by atoms with Crippen molar-refractivity contribution in [1.82, 2.24) is 4.90 Å². The van der Waals surface area contributed by atoms with E-state index in [-0.39, 0.29) is 103 Å². The van der Waals surface area contributed by atoms with Gasteiger partial charge in [-0.2, -0.15) is 21.0 Å². The number of carbonyl (C=O) groups is 6. The summed E-state index contributed by atoms with van der Waals surface area (Å²) in [5, 5.41) is 39.8. The number of nitrogens with zero attached hydrogens (tertiary/aromatic N) is 7. The number of Topliss-reactive ketones (excluding diaryl/α,β-unsaturated/α-hetero) is 1. The Bertz CT molecular complexity index is 4520. The number of hydrogen-bond donors (Lipinski definition) is 0. The number of ketones is 1. The van der Waals surface area contributed by atoms with Crippen LogP contribution in [0.3, 0.4) is 0 Å². The topological polar surface area (TPSA) is 262 Å². The van der Waals surface area contributed by atoms with E-state index < -0.39 is 46.4 Å². The number of fused-ring (bicyclic) bond motifs is 9. The van der Waals surface area contributed by atoms with E-state index in [1.54, 1.807) is 135 Å². The maximum absolute atomic E-state index is 16.0. The maximum atomic E-state index is 16.0. The Kier molecular flexibility index (Phi) is 16.5. The molecule has 4 aliphatic rings. The standard InChI is InChI=1S/C66H41N7O10S6/c1-3-40-25-45(41(28-67)29-68)84-57(50(40)74)71-46-26-43-51(85-46)53-48(65(43,61(76)80-32-36-17-9-5-10-18-36)62(77)81-33-37-19-11-6-12-20-37)55-56(87-53)49-54(88-55)52-44(27-47(86-52)72-58-59(75)73(4-2)60(89-58)42(30-69)31-70)66(49,63(78)82-34-38-21-13-7-14-22-38)64(79)83-35-39-23-15-8-16-24-39/h5-27H,3-4,32-35H2,1-2H3. The molecule has 23 heteroatoms. The van der Waals surface area contributed by atoms with Crippen molar-refractivity contribution >= 4 is 134 Å². The maximum Gasteiger partial charge on any atom is 0.333 e. The third-order valence-corrected chi connectivity index (χ3v) is 21.9. The van der Waals surface area contributed by atoms with E-state index in [1.165, 1.54) is 23.1 Å². The van der Waals surface area contributed by atoms with Gasteiger partial charge in [0.1, 0.15) is 71.3 Å². The van der Waals surface area contributed by atoms with Crippen LogP contribution in [0, 0.1) is 45.3 Å². The number of allylic oxidation sites excluding steroid dienone is 4. The monoisotopic (exact) mass is 1280 g/mol. The number of thioether (sulfide) groups is 2. The van der Waals surface area contributed by atoms with E-state index in [2.05, 4.69) is 0 Å². The molecule has 0 radical (unpaired) electrons. The first-order valence-corrected chi connectivity index (χ1v) is 32.2. The number of esters is 4. The molecule has 0 N–H and O–H groups in total. The quantitative estimate of drug-likeness (QED) is 0.0377. The lowest BCUT2D eigenvalue weighted by molar-refractivity contribution is -0.166. The van der Waals surface area contributed by atoms with Crippen molar-refractivity contribution in [3.8, 4) is 43.8 Å². The summed E-state index contributed by atoms with van der Waals surface area (Å²) in [5.74, 6) is -5.15. The minimum Gasteiger partial charge on any atom is -0.459 e. The zero-order chi connectivity index (χ0) is 62.1. The molecule has 0 unspecified atom stereocenters. The lowest BCUT2D eigenvalue weighted by atomic mass is 9.77. The highest BCUT2D eigenvalue weighted by Crippen LogP contribution is 2.68. The summed E-state index contributed by atoms with van der Waals surface area (Å²) >= 11 is 6.01. The van der Waals surface area contributed by atoms with Crippen LogP contribution in [0.25, 0.3) is 28.9 Å². The fourth-order valence-corrected chi connectivity index (χ4v) is 18.4. The van der Waals surface area contributed by atoms with Gasteiger partial charge in [0, 0.05) is 39.3 Å². The molecule has 4 aromatic carbocycles. The number of benzene rings is 4. The van der Waals surface area contributed by atoms with Crippen LogP contribution in [0.4, 0.5) is 10.0 Å². The highest BCUT2D eigenvalue weighted by Gasteiger charge is 2.65. The van der Waals surface area contributed by atoms with Crippen LogP contribution in [0.5, 0.6) is 0 Å². The lowest BCUT2D eigenvalue weighted by Gasteiger charge is -2.27. The van der Waals surface area contributed by atoms with Gasteiger partial charge in [-0.1, -0.05) is 140 Å². The van der Waals surface area contributed by atoms with Gasteiger partial charge in [0.15, 0.2) is 15.7 Å². The van der Waals surface area contributed by atoms with Crippen LogP contribution < -0.4 is 0 Å². The van der Waals surface area contributed by atoms with Gasteiger partial charge >= 0.3 is 23.9 Å². The molecule has 4 aromatic heterocycles. The third-order valence-electron chi connectivity index (χ3n) is 14.9. The van der Waals surface area contributed by atoms with Crippen molar-refractivity contribution < 1.29 is 47.7 Å². The number of nitriles is 4. The second kappa shape index (κ2) is 24.7. The van der Waals surface area contributed by atoms with Crippen LogP contribution >= 0.6 is 68.9 Å². The van der Waals surface area contributed by atoms with Gasteiger partial charge in [0.05, 0.1) is 28.9 Å². The minimum atomic E-state index is -2.46. The summed E-state index contributed by atoms with van der Waals surface area (Å²) in [6, 6.07) is 46.0. The van der Waals surface area contributed by atoms with Crippen LogP contribution in [0.2, 0.25) is 0 Å². The fraction of sp³-hybridized carbons (Fsp3) is 0.152. The van der Waals surface area contributed by atoms with E-state index in [1.807, 2.05) is 24.3 Å². The summed E-state index contributed by atoms with van der Waals surface area (Å²) in [4.78, 5) is 104. The van der Waals surface area contributed by atoms with Crippen LogP contribution in [-0.2, 0) is 85.0 Å². The molecule has 89 heavy (non-hydrogen) atoms. The molecule has 0 atom stereocenters. The predicted octanol–water partition coefficient (Wildman–Crippen LogP) is 13.5. The number of thiophene rings is 4. The third kappa shape index (κ3) is 10.3. The molecule has 436 valence electrons. The van der Waals surface area contributed by atoms with Crippen molar-refractivity contribution in [2.24, 2.45) is 9.98 Å². The van der Waals surface area contributed by atoms with E-state index >= 15 is 19.2 Å². The highest BCUT2D eigenvalue weighted by atomic mass is 32.2. The Morgan fingerprint density at radius 3 is 1.25 bits per heavy atom. The average molecular weight is 1280 g/mol. The molecule has 6 heterocycles. The first-order valence-electron chi connectivity index (χ1n) is 27.3. The van der Waals surface area contributed by atoms with Crippen LogP contribution in [0.15, 0.2) is 176 Å². The summed E-state index contributed by atoms with van der Waals surface area (Å²) in [6.07, 6.45) is 1.75. The summed E-state index contributed by atoms with van der Waals surface area (Å²) < 4.78 is 25.8. The van der Waals surface area contributed by atoms with Gasteiger partial charge < -0.3 is 18.9 Å². The van der Waals surface area contributed by atoms with Crippen molar-refractivity contribution in [2.75, 3.05) is 6.54 Å². The van der Waals surface area contributed by atoms with Gasteiger partial charge in [0.2, 0.25) is 16.6 Å². The van der Waals surface area contributed by atoms with Crippen molar-refractivity contribution in [3.63, 3.8) is 0 Å². The molecule has 2 aliphatic heterocycles. The normalized spacial score (nSPS) is 15.7. The molecule has 1 amide bonds. The zero-order valence-corrected chi connectivity index (χ0v) is 51.6. The highest BCUT2D eigenvalue weighted by molar-refractivity contribution is 8.19. The Morgan fingerprint density at radius 2 is 0.888 bits per heavy atom. The minimum absolute atomic E-state index is 0.0653. The van der Waals surface area contributed by atoms with Gasteiger partial charge in [0.25, 0.3) is 5.91 Å². The predicted molar refractivity (Wildman–Crippen MR) is 339 cm³/mol. The Labute approximate surface area is 532 Å². The van der Waals surface area contributed by atoms with Crippen LogP contribution in [0.1, 0.15) is 64.8 Å². The number of rotatable bonds is 16. The van der Waals surface area contributed by atoms with Gasteiger partial charge in [-0.05, 0) is 65.6 Å². The number of hydrogen-bond acceptors (Lipinski definition) is 22. The first-order chi connectivity index (χ1) is 43.3. The molecule has 0 bridgehead atoms. The molecule has 2 aliphatic carbocycles. The Balaban J connectivity index is 1.12.